The maximum absolute atomic E-state index is 12.1. The van der Waals surface area contributed by atoms with Gasteiger partial charge in [0.05, 0.1) is 11.9 Å². The molecule has 7 heteroatoms. The second-order valence-electron chi connectivity index (χ2n) is 6.13. The molecule has 0 unspecified atom stereocenters. The number of fused-ring (bicyclic) bond motifs is 1. The maximum atomic E-state index is 12.1. The standard InChI is InChI=1S/C17H21N5O2/c1-21(2)16(23)11-22-10-15(9-18-22)20-17(24)19-14-7-6-12-4-3-5-13(12)8-14/h6-10H,3-5,11H2,1-2H3,(H2,19,20,24). The SMILES string of the molecule is CN(C)C(=O)Cn1cc(NC(=O)Nc2ccc3c(c2)CCC3)cn1. The van der Waals surface area contributed by atoms with Gasteiger partial charge in [0.2, 0.25) is 5.91 Å². The lowest BCUT2D eigenvalue weighted by molar-refractivity contribution is -0.129. The predicted molar refractivity (Wildman–Crippen MR) is 92.0 cm³/mol. The second kappa shape index (κ2) is 6.74. The Morgan fingerprint density at radius 3 is 2.71 bits per heavy atom. The first-order valence-electron chi connectivity index (χ1n) is 7.93. The van der Waals surface area contributed by atoms with E-state index in [0.717, 1.165) is 18.5 Å². The molecule has 0 aliphatic heterocycles. The van der Waals surface area contributed by atoms with Gasteiger partial charge in [-0.05, 0) is 42.5 Å². The first-order chi connectivity index (χ1) is 11.5. The van der Waals surface area contributed by atoms with Crippen LogP contribution in [-0.4, -0.2) is 40.7 Å². The number of nitrogens with one attached hydrogen (secondary N) is 2. The first-order valence-corrected chi connectivity index (χ1v) is 7.93. The van der Waals surface area contributed by atoms with Gasteiger partial charge in [0.25, 0.3) is 0 Å². The summed E-state index contributed by atoms with van der Waals surface area (Å²) in [5, 5.41) is 9.62. The number of rotatable bonds is 4. The summed E-state index contributed by atoms with van der Waals surface area (Å²) in [6, 6.07) is 5.69. The molecule has 1 aliphatic rings. The van der Waals surface area contributed by atoms with E-state index < -0.39 is 0 Å². The quantitative estimate of drug-likeness (QED) is 0.902. The molecule has 0 spiro atoms. The minimum Gasteiger partial charge on any atom is -0.347 e. The molecule has 0 bridgehead atoms. The van der Waals surface area contributed by atoms with Gasteiger partial charge >= 0.3 is 6.03 Å². The summed E-state index contributed by atoms with van der Waals surface area (Å²) >= 11 is 0. The van der Waals surface area contributed by atoms with Crippen molar-refractivity contribution in [2.24, 2.45) is 0 Å². The fraction of sp³-hybridized carbons (Fsp3) is 0.353. The van der Waals surface area contributed by atoms with E-state index in [1.165, 1.54) is 33.3 Å². The van der Waals surface area contributed by atoms with E-state index in [0.29, 0.717) is 5.69 Å². The highest BCUT2D eigenvalue weighted by Crippen LogP contribution is 2.24. The van der Waals surface area contributed by atoms with Gasteiger partial charge in [-0.25, -0.2) is 4.79 Å². The number of hydrogen-bond acceptors (Lipinski definition) is 3. The van der Waals surface area contributed by atoms with E-state index in [4.69, 9.17) is 0 Å². The number of aromatic nitrogens is 2. The molecule has 0 radical (unpaired) electrons. The van der Waals surface area contributed by atoms with Crippen LogP contribution in [0, 0.1) is 0 Å². The van der Waals surface area contributed by atoms with Gasteiger partial charge in [-0.15, -0.1) is 0 Å². The minimum atomic E-state index is -0.327. The van der Waals surface area contributed by atoms with Crippen molar-refractivity contribution >= 4 is 23.3 Å². The van der Waals surface area contributed by atoms with Gasteiger partial charge in [-0.2, -0.15) is 5.10 Å². The van der Waals surface area contributed by atoms with Crippen LogP contribution in [0.4, 0.5) is 16.2 Å². The van der Waals surface area contributed by atoms with Crippen molar-refractivity contribution in [2.75, 3.05) is 24.7 Å². The normalized spacial score (nSPS) is 12.6. The number of anilines is 2. The van der Waals surface area contributed by atoms with Crippen LogP contribution in [0.1, 0.15) is 17.5 Å². The van der Waals surface area contributed by atoms with E-state index in [9.17, 15) is 9.59 Å². The number of aryl methyl sites for hydroxylation is 2. The number of urea groups is 1. The predicted octanol–water partition coefficient (Wildman–Crippen LogP) is 2.10. The van der Waals surface area contributed by atoms with Gasteiger partial charge in [0.15, 0.2) is 0 Å². The molecular weight excluding hydrogens is 306 g/mol. The smallest absolute Gasteiger partial charge is 0.323 e. The summed E-state index contributed by atoms with van der Waals surface area (Å²) in [6.07, 6.45) is 6.51. The summed E-state index contributed by atoms with van der Waals surface area (Å²) in [4.78, 5) is 25.2. The molecule has 1 heterocycles. The van der Waals surface area contributed by atoms with Crippen LogP contribution in [-0.2, 0) is 24.2 Å². The molecule has 24 heavy (non-hydrogen) atoms. The molecule has 1 aliphatic carbocycles. The van der Waals surface area contributed by atoms with E-state index in [1.54, 1.807) is 20.3 Å². The van der Waals surface area contributed by atoms with Gasteiger partial charge in [-0.3, -0.25) is 9.48 Å². The summed E-state index contributed by atoms with van der Waals surface area (Å²) in [5.74, 6) is -0.0627. The topological polar surface area (TPSA) is 79.3 Å². The molecule has 3 amide bonds. The van der Waals surface area contributed by atoms with Crippen LogP contribution in [0.15, 0.2) is 30.6 Å². The lowest BCUT2D eigenvalue weighted by Gasteiger charge is -2.09. The minimum absolute atomic E-state index is 0.0627. The highest BCUT2D eigenvalue weighted by atomic mass is 16.2. The van der Waals surface area contributed by atoms with Gasteiger partial charge < -0.3 is 15.5 Å². The van der Waals surface area contributed by atoms with Crippen LogP contribution in [0.2, 0.25) is 0 Å². The number of carbonyl (C=O) groups excluding carboxylic acids is 2. The molecule has 0 saturated carbocycles. The Hall–Kier alpha value is -2.83. The molecule has 7 nitrogen and oxygen atoms in total. The van der Waals surface area contributed by atoms with Crippen LogP contribution in [0.25, 0.3) is 0 Å². The van der Waals surface area contributed by atoms with Crippen molar-refractivity contribution in [1.29, 1.82) is 0 Å². The number of amides is 3. The third-order valence-corrected chi connectivity index (χ3v) is 4.04. The lowest BCUT2D eigenvalue weighted by atomic mass is 10.1. The monoisotopic (exact) mass is 327 g/mol. The Morgan fingerprint density at radius 2 is 1.92 bits per heavy atom. The maximum Gasteiger partial charge on any atom is 0.323 e. The Kier molecular flexibility index (Phi) is 4.50. The third kappa shape index (κ3) is 3.73. The van der Waals surface area contributed by atoms with Crippen molar-refractivity contribution in [3.05, 3.63) is 41.7 Å². The van der Waals surface area contributed by atoms with E-state index in [-0.39, 0.29) is 18.5 Å². The van der Waals surface area contributed by atoms with Crippen LogP contribution in [0.5, 0.6) is 0 Å². The Balaban J connectivity index is 1.57. The average molecular weight is 327 g/mol. The molecule has 0 atom stereocenters. The van der Waals surface area contributed by atoms with Gasteiger partial charge in [0.1, 0.15) is 6.54 Å². The molecule has 2 aromatic rings. The van der Waals surface area contributed by atoms with Crippen molar-refractivity contribution in [3.8, 4) is 0 Å². The number of likely N-dealkylation sites (N-methyl/N-ethyl adjacent to an activating group) is 1. The highest BCUT2D eigenvalue weighted by Gasteiger charge is 2.12. The summed E-state index contributed by atoms with van der Waals surface area (Å²) in [5.41, 5.74) is 4.00. The summed E-state index contributed by atoms with van der Waals surface area (Å²) in [7, 11) is 3.38. The molecule has 0 fully saturated rings. The van der Waals surface area contributed by atoms with Crippen molar-refractivity contribution in [3.63, 3.8) is 0 Å². The van der Waals surface area contributed by atoms with Crippen LogP contribution < -0.4 is 10.6 Å². The molecule has 126 valence electrons. The highest BCUT2D eigenvalue weighted by molar-refractivity contribution is 5.99. The van der Waals surface area contributed by atoms with Gasteiger partial charge in [-0.1, -0.05) is 6.07 Å². The van der Waals surface area contributed by atoms with E-state index in [1.807, 2.05) is 12.1 Å². The van der Waals surface area contributed by atoms with Crippen molar-refractivity contribution < 1.29 is 9.59 Å². The Morgan fingerprint density at radius 1 is 1.17 bits per heavy atom. The Bertz CT molecular complexity index is 766. The van der Waals surface area contributed by atoms with Gasteiger partial charge in [0, 0.05) is 26.0 Å². The molecule has 3 rings (SSSR count). The first kappa shape index (κ1) is 16.0. The fourth-order valence-corrected chi connectivity index (χ4v) is 2.74. The molecule has 0 saturated heterocycles. The molecule has 1 aromatic heterocycles. The third-order valence-electron chi connectivity index (χ3n) is 4.04. The molecule has 2 N–H and O–H groups in total. The molecule has 1 aromatic carbocycles. The fourth-order valence-electron chi connectivity index (χ4n) is 2.74. The zero-order valence-electron chi connectivity index (χ0n) is 13.9. The Labute approximate surface area is 140 Å². The van der Waals surface area contributed by atoms with Crippen LogP contribution >= 0.6 is 0 Å². The average Bonchev–Trinajstić information content (AvgIpc) is 3.15. The van der Waals surface area contributed by atoms with E-state index >= 15 is 0 Å². The summed E-state index contributed by atoms with van der Waals surface area (Å²) in [6.45, 7) is 0.140. The number of nitrogens with zero attached hydrogens (tertiary/aromatic N) is 3. The second-order valence-corrected chi connectivity index (χ2v) is 6.13. The number of benzene rings is 1. The zero-order valence-corrected chi connectivity index (χ0v) is 13.9. The summed E-state index contributed by atoms with van der Waals surface area (Å²) < 4.78 is 1.49. The van der Waals surface area contributed by atoms with Crippen molar-refractivity contribution in [1.82, 2.24) is 14.7 Å². The van der Waals surface area contributed by atoms with E-state index in [2.05, 4.69) is 21.8 Å². The molecular formula is C17H21N5O2. The lowest BCUT2D eigenvalue weighted by Crippen LogP contribution is -2.26. The number of hydrogen-bond donors (Lipinski definition) is 2. The largest absolute Gasteiger partial charge is 0.347 e. The zero-order chi connectivity index (χ0) is 17.1. The van der Waals surface area contributed by atoms with Crippen LogP contribution in [0.3, 0.4) is 0 Å². The number of carbonyl (C=O) groups is 2. The van der Waals surface area contributed by atoms with Crippen molar-refractivity contribution in [2.45, 2.75) is 25.8 Å².